The molecular weight excluding hydrogens is 243 g/mol. The zero-order valence-electron chi connectivity index (χ0n) is 11.5. The quantitative estimate of drug-likeness (QED) is 0.861. The highest BCUT2D eigenvalue weighted by Gasteiger charge is 2.28. The Morgan fingerprint density at radius 2 is 2.32 bits per heavy atom. The van der Waals surface area contributed by atoms with Gasteiger partial charge in [0, 0.05) is 25.2 Å². The zero-order chi connectivity index (χ0) is 13.8. The lowest BCUT2D eigenvalue weighted by Gasteiger charge is -2.30. The first-order chi connectivity index (χ1) is 9.15. The zero-order valence-corrected chi connectivity index (χ0v) is 11.5. The average molecular weight is 266 g/mol. The lowest BCUT2D eigenvalue weighted by Crippen LogP contribution is -2.31. The maximum absolute atomic E-state index is 14.2. The van der Waals surface area contributed by atoms with E-state index in [-0.39, 0.29) is 18.5 Å². The molecule has 0 bridgehead atoms. The molecular formula is C15H23FN2O. The van der Waals surface area contributed by atoms with E-state index in [1.807, 2.05) is 13.0 Å². The van der Waals surface area contributed by atoms with Crippen LogP contribution < -0.4 is 10.6 Å². The lowest BCUT2D eigenvalue weighted by atomic mass is 10.0. The number of rotatable bonds is 5. The number of aliphatic hydroxyl groups excluding tert-OH is 1. The molecule has 4 heteroatoms. The number of benzene rings is 1. The van der Waals surface area contributed by atoms with Gasteiger partial charge in [0.2, 0.25) is 0 Å². The van der Waals surface area contributed by atoms with Crippen molar-refractivity contribution in [3.8, 4) is 0 Å². The average Bonchev–Trinajstić information content (AvgIpc) is 2.83. The second-order valence-corrected chi connectivity index (χ2v) is 5.32. The second kappa shape index (κ2) is 6.35. The smallest absolute Gasteiger partial charge is 0.146 e. The molecule has 0 radical (unpaired) electrons. The van der Waals surface area contributed by atoms with Gasteiger partial charge in [-0.25, -0.2) is 4.39 Å². The Labute approximate surface area is 114 Å². The molecule has 1 fully saturated rings. The molecule has 19 heavy (non-hydrogen) atoms. The molecule has 3 N–H and O–H groups in total. The predicted octanol–water partition coefficient (Wildman–Crippen LogP) is 2.59. The standard InChI is InChI=1S/C15H23FN2O/c1-11(17)13-7-2-8-14(16)15(13)18-9-3-5-12(18)6-4-10-19/h2,7-8,11-12,19H,3-6,9-10,17H2,1H3/t11-,12?/m0/s1. The summed E-state index contributed by atoms with van der Waals surface area (Å²) in [6.45, 7) is 2.95. The largest absolute Gasteiger partial charge is 0.396 e. The molecule has 1 aromatic rings. The fourth-order valence-electron chi connectivity index (χ4n) is 2.96. The van der Waals surface area contributed by atoms with Crippen LogP contribution in [0.5, 0.6) is 0 Å². The summed E-state index contributed by atoms with van der Waals surface area (Å²) < 4.78 is 14.2. The molecule has 0 spiro atoms. The van der Waals surface area contributed by atoms with Gasteiger partial charge in [-0.1, -0.05) is 12.1 Å². The van der Waals surface area contributed by atoms with Gasteiger partial charge in [-0.3, -0.25) is 0 Å². The molecule has 3 nitrogen and oxygen atoms in total. The number of anilines is 1. The summed E-state index contributed by atoms with van der Waals surface area (Å²) in [5, 5.41) is 8.97. The molecule has 2 atom stereocenters. The van der Waals surface area contributed by atoms with Gasteiger partial charge in [0.15, 0.2) is 0 Å². The first kappa shape index (κ1) is 14.3. The highest BCUT2D eigenvalue weighted by Crippen LogP contribution is 2.35. The van der Waals surface area contributed by atoms with Crippen molar-refractivity contribution in [2.45, 2.75) is 44.7 Å². The number of para-hydroxylation sites is 1. The van der Waals surface area contributed by atoms with Crippen molar-refractivity contribution in [2.24, 2.45) is 5.73 Å². The summed E-state index contributed by atoms with van der Waals surface area (Å²) in [6, 6.07) is 5.27. The third-order valence-corrected chi connectivity index (χ3v) is 3.87. The molecule has 1 unspecified atom stereocenters. The molecule has 106 valence electrons. The maximum Gasteiger partial charge on any atom is 0.146 e. The van der Waals surface area contributed by atoms with E-state index in [4.69, 9.17) is 10.8 Å². The summed E-state index contributed by atoms with van der Waals surface area (Å²) in [4.78, 5) is 2.14. The van der Waals surface area contributed by atoms with Crippen molar-refractivity contribution in [1.82, 2.24) is 0 Å². The molecule has 0 saturated carbocycles. The van der Waals surface area contributed by atoms with E-state index < -0.39 is 0 Å². The van der Waals surface area contributed by atoms with Gasteiger partial charge in [0.25, 0.3) is 0 Å². The van der Waals surface area contributed by atoms with Crippen molar-refractivity contribution in [2.75, 3.05) is 18.1 Å². The van der Waals surface area contributed by atoms with Gasteiger partial charge in [0.05, 0.1) is 5.69 Å². The minimum Gasteiger partial charge on any atom is -0.396 e. The van der Waals surface area contributed by atoms with Crippen molar-refractivity contribution in [3.05, 3.63) is 29.6 Å². The van der Waals surface area contributed by atoms with E-state index in [1.54, 1.807) is 6.07 Å². The van der Waals surface area contributed by atoms with Crippen molar-refractivity contribution in [3.63, 3.8) is 0 Å². The molecule has 1 saturated heterocycles. The summed E-state index contributed by atoms with van der Waals surface area (Å²) in [6.07, 6.45) is 3.81. The van der Waals surface area contributed by atoms with Crippen LogP contribution in [0.25, 0.3) is 0 Å². The van der Waals surface area contributed by atoms with E-state index >= 15 is 0 Å². The van der Waals surface area contributed by atoms with E-state index in [2.05, 4.69) is 4.90 Å². The first-order valence-electron chi connectivity index (χ1n) is 7.06. The molecule has 0 amide bonds. The number of nitrogens with two attached hydrogens (primary N) is 1. The fourth-order valence-corrected chi connectivity index (χ4v) is 2.96. The number of halogens is 1. The molecule has 1 heterocycles. The molecule has 2 rings (SSSR count). The van der Waals surface area contributed by atoms with Crippen molar-refractivity contribution < 1.29 is 9.50 Å². The monoisotopic (exact) mass is 266 g/mol. The van der Waals surface area contributed by atoms with Crippen LogP contribution in [0, 0.1) is 5.82 Å². The summed E-state index contributed by atoms with van der Waals surface area (Å²) >= 11 is 0. The maximum atomic E-state index is 14.2. The summed E-state index contributed by atoms with van der Waals surface area (Å²) in [7, 11) is 0. The predicted molar refractivity (Wildman–Crippen MR) is 75.7 cm³/mol. The lowest BCUT2D eigenvalue weighted by molar-refractivity contribution is 0.279. The van der Waals surface area contributed by atoms with Gasteiger partial charge in [0.1, 0.15) is 5.82 Å². The van der Waals surface area contributed by atoms with Gasteiger partial charge < -0.3 is 15.7 Å². The van der Waals surface area contributed by atoms with Crippen LogP contribution in [0.2, 0.25) is 0 Å². The molecule has 1 aliphatic rings. The van der Waals surface area contributed by atoms with Crippen LogP contribution in [0.4, 0.5) is 10.1 Å². The van der Waals surface area contributed by atoms with Crippen LogP contribution in [0.3, 0.4) is 0 Å². The highest BCUT2D eigenvalue weighted by atomic mass is 19.1. The van der Waals surface area contributed by atoms with Crippen molar-refractivity contribution in [1.29, 1.82) is 0 Å². The third-order valence-electron chi connectivity index (χ3n) is 3.87. The van der Waals surface area contributed by atoms with E-state index in [1.165, 1.54) is 6.07 Å². The minimum absolute atomic E-state index is 0.176. The normalized spacial score (nSPS) is 20.8. The Bertz CT molecular complexity index is 423. The molecule has 0 aromatic heterocycles. The van der Waals surface area contributed by atoms with Crippen molar-refractivity contribution >= 4 is 5.69 Å². The number of aliphatic hydroxyl groups is 1. The summed E-state index contributed by atoms with van der Waals surface area (Å²) in [5.41, 5.74) is 7.50. The Hall–Kier alpha value is -1.13. The Kier molecular flexibility index (Phi) is 4.77. The molecule has 1 aromatic carbocycles. The van der Waals surface area contributed by atoms with Gasteiger partial charge >= 0.3 is 0 Å². The van der Waals surface area contributed by atoms with E-state index in [0.29, 0.717) is 11.7 Å². The van der Waals surface area contributed by atoms with Crippen LogP contribution in [0.15, 0.2) is 18.2 Å². The van der Waals surface area contributed by atoms with Gasteiger partial charge in [-0.05, 0) is 44.2 Å². The van der Waals surface area contributed by atoms with E-state index in [9.17, 15) is 4.39 Å². The van der Waals surface area contributed by atoms with Gasteiger partial charge in [-0.15, -0.1) is 0 Å². The number of hydrogen-bond acceptors (Lipinski definition) is 3. The van der Waals surface area contributed by atoms with Crippen LogP contribution in [-0.2, 0) is 0 Å². The Morgan fingerprint density at radius 3 is 3.00 bits per heavy atom. The minimum atomic E-state index is -0.189. The van der Waals surface area contributed by atoms with Crippen LogP contribution in [-0.4, -0.2) is 24.3 Å². The first-order valence-corrected chi connectivity index (χ1v) is 7.06. The molecule has 1 aliphatic heterocycles. The Balaban J connectivity index is 2.29. The Morgan fingerprint density at radius 1 is 1.53 bits per heavy atom. The number of nitrogens with zero attached hydrogens (tertiary/aromatic N) is 1. The third kappa shape index (κ3) is 3.07. The van der Waals surface area contributed by atoms with Crippen LogP contribution >= 0.6 is 0 Å². The summed E-state index contributed by atoms with van der Waals surface area (Å²) in [5.74, 6) is -0.189. The van der Waals surface area contributed by atoms with Crippen LogP contribution in [0.1, 0.15) is 44.2 Å². The molecule has 0 aliphatic carbocycles. The highest BCUT2D eigenvalue weighted by molar-refractivity contribution is 5.57. The fraction of sp³-hybridized carbons (Fsp3) is 0.600. The van der Waals surface area contributed by atoms with Gasteiger partial charge in [-0.2, -0.15) is 0 Å². The SMILES string of the molecule is C[C@H](N)c1cccc(F)c1N1CCCC1CCCO. The topological polar surface area (TPSA) is 49.5 Å². The number of hydrogen-bond donors (Lipinski definition) is 2. The second-order valence-electron chi connectivity index (χ2n) is 5.32. The van der Waals surface area contributed by atoms with E-state index in [0.717, 1.165) is 37.8 Å².